The van der Waals surface area contributed by atoms with E-state index in [4.69, 9.17) is 10.2 Å². The number of pyridine rings is 2. The van der Waals surface area contributed by atoms with Crippen LogP contribution in [0.5, 0.6) is 0 Å². The van der Waals surface area contributed by atoms with Crippen LogP contribution < -0.4 is 0 Å². The number of hydrogen-bond donors (Lipinski definition) is 2. The summed E-state index contributed by atoms with van der Waals surface area (Å²) in [5.41, 5.74) is -1.03. The van der Waals surface area contributed by atoms with E-state index in [2.05, 4.69) is 14.7 Å². The van der Waals surface area contributed by atoms with Crippen LogP contribution in [-0.4, -0.2) is 44.1 Å². The molecule has 0 unspecified atom stereocenters. The molecule has 0 atom stereocenters. The lowest BCUT2D eigenvalue weighted by Crippen LogP contribution is -2.20. The fourth-order valence-electron chi connectivity index (χ4n) is 1.97. The normalized spacial score (nSPS) is 10.2. The van der Waals surface area contributed by atoms with Gasteiger partial charge in [0.1, 0.15) is 0 Å². The topological polar surface area (TPSA) is 144 Å². The van der Waals surface area contributed by atoms with Crippen LogP contribution in [0.4, 0.5) is 0 Å². The third-order valence-electron chi connectivity index (χ3n) is 3.08. The Morgan fingerprint density at radius 3 is 1.48 bits per heavy atom. The molecule has 2 aromatic heterocycles. The summed E-state index contributed by atoms with van der Waals surface area (Å²) in [4.78, 5) is 53.9. The molecule has 2 heterocycles. The lowest BCUT2D eigenvalue weighted by Gasteiger charge is -2.07. The van der Waals surface area contributed by atoms with E-state index in [1.807, 2.05) is 0 Å². The number of carboxylic acids is 2. The fourth-order valence-corrected chi connectivity index (χ4v) is 1.97. The van der Waals surface area contributed by atoms with Crippen LogP contribution in [0.3, 0.4) is 0 Å². The van der Waals surface area contributed by atoms with Gasteiger partial charge < -0.3 is 14.9 Å². The summed E-state index contributed by atoms with van der Waals surface area (Å²) in [5.74, 6) is -5.48. The molecule has 0 radical (unpaired) electrons. The summed E-state index contributed by atoms with van der Waals surface area (Å²) in [7, 11) is 0. The van der Waals surface area contributed by atoms with E-state index in [9.17, 15) is 19.2 Å². The maximum absolute atomic E-state index is 12.1. The summed E-state index contributed by atoms with van der Waals surface area (Å²) < 4.78 is 4.55. The van der Waals surface area contributed by atoms with Crippen LogP contribution in [0.25, 0.3) is 0 Å². The van der Waals surface area contributed by atoms with Gasteiger partial charge in [0.25, 0.3) is 0 Å². The number of carbonyl (C=O) groups excluding carboxylic acids is 2. The smallest absolute Gasteiger partial charge is 0.365 e. The van der Waals surface area contributed by atoms with Crippen LogP contribution in [0.2, 0.25) is 0 Å². The molecule has 0 aromatic carbocycles. The van der Waals surface area contributed by atoms with Crippen molar-refractivity contribution in [2.24, 2.45) is 0 Å². The second kappa shape index (κ2) is 6.87. The van der Waals surface area contributed by atoms with E-state index in [-0.39, 0.29) is 0 Å². The van der Waals surface area contributed by atoms with E-state index in [0.29, 0.717) is 11.1 Å². The molecule has 9 heteroatoms. The van der Waals surface area contributed by atoms with Crippen LogP contribution in [-0.2, 0) is 4.74 Å². The molecule has 0 aliphatic carbocycles. The van der Waals surface area contributed by atoms with Crippen molar-refractivity contribution in [1.29, 1.82) is 0 Å². The van der Waals surface area contributed by atoms with Crippen molar-refractivity contribution in [2.75, 3.05) is 0 Å². The Morgan fingerprint density at radius 2 is 1.16 bits per heavy atom. The SMILES string of the molecule is Cc1cnc(C(=O)OC(=O)c2ncc(C)cc2C(=O)O)c(C(=O)O)c1. The van der Waals surface area contributed by atoms with Gasteiger partial charge in [-0.1, -0.05) is 0 Å². The van der Waals surface area contributed by atoms with E-state index < -0.39 is 46.4 Å². The number of carboxylic acid groups (broad SMARTS) is 2. The number of carbonyl (C=O) groups is 4. The second-order valence-electron chi connectivity index (χ2n) is 5.10. The Hall–Kier alpha value is -3.62. The van der Waals surface area contributed by atoms with E-state index in [1.165, 1.54) is 24.5 Å². The van der Waals surface area contributed by atoms with Crippen LogP contribution in [0, 0.1) is 13.8 Å². The first kappa shape index (κ1) is 17.7. The number of aromatic nitrogens is 2. The molecule has 0 spiro atoms. The highest BCUT2D eigenvalue weighted by Gasteiger charge is 2.26. The molecule has 0 aliphatic heterocycles. The van der Waals surface area contributed by atoms with Crippen molar-refractivity contribution in [3.8, 4) is 0 Å². The van der Waals surface area contributed by atoms with E-state index >= 15 is 0 Å². The number of aryl methyl sites for hydroxylation is 2. The van der Waals surface area contributed by atoms with Crippen molar-refractivity contribution in [2.45, 2.75) is 13.8 Å². The lowest BCUT2D eigenvalue weighted by atomic mass is 10.1. The Labute approximate surface area is 140 Å². The van der Waals surface area contributed by atoms with Gasteiger partial charge in [-0.2, -0.15) is 0 Å². The zero-order valence-corrected chi connectivity index (χ0v) is 13.1. The number of esters is 2. The first-order valence-corrected chi connectivity index (χ1v) is 6.87. The molecule has 0 aliphatic rings. The quantitative estimate of drug-likeness (QED) is 0.622. The predicted octanol–water partition coefficient (Wildman–Crippen LogP) is 1.49. The molecule has 0 bridgehead atoms. The van der Waals surface area contributed by atoms with Gasteiger partial charge in [0.05, 0.1) is 11.1 Å². The number of ether oxygens (including phenoxy) is 1. The molecule has 9 nitrogen and oxygen atoms in total. The maximum atomic E-state index is 12.1. The van der Waals surface area contributed by atoms with Crippen molar-refractivity contribution in [3.63, 3.8) is 0 Å². The minimum atomic E-state index is -1.42. The summed E-state index contributed by atoms with van der Waals surface area (Å²) >= 11 is 0. The van der Waals surface area contributed by atoms with Gasteiger partial charge in [-0.25, -0.2) is 29.1 Å². The van der Waals surface area contributed by atoms with E-state index in [1.54, 1.807) is 13.8 Å². The summed E-state index contributed by atoms with van der Waals surface area (Å²) in [6.07, 6.45) is 2.47. The largest absolute Gasteiger partial charge is 0.478 e. The van der Waals surface area contributed by atoms with E-state index in [0.717, 1.165) is 0 Å². The first-order valence-electron chi connectivity index (χ1n) is 6.87. The average Bonchev–Trinajstić information content (AvgIpc) is 2.54. The van der Waals surface area contributed by atoms with Gasteiger partial charge in [0, 0.05) is 12.4 Å². The number of aromatic carboxylic acids is 2. The molecule has 0 fully saturated rings. The third-order valence-corrected chi connectivity index (χ3v) is 3.08. The molecule has 2 rings (SSSR count). The average molecular weight is 344 g/mol. The highest BCUT2D eigenvalue weighted by molar-refractivity contribution is 6.08. The highest BCUT2D eigenvalue weighted by atomic mass is 16.6. The zero-order valence-electron chi connectivity index (χ0n) is 13.1. The van der Waals surface area contributed by atoms with Crippen molar-refractivity contribution >= 4 is 23.9 Å². The minimum Gasteiger partial charge on any atom is -0.478 e. The second-order valence-corrected chi connectivity index (χ2v) is 5.10. The molecule has 0 amide bonds. The lowest BCUT2D eigenvalue weighted by molar-refractivity contribution is 0.0378. The zero-order chi connectivity index (χ0) is 18.7. The molecule has 2 N–H and O–H groups in total. The summed E-state index contributed by atoms with van der Waals surface area (Å²) in [5, 5.41) is 18.2. The molecule has 25 heavy (non-hydrogen) atoms. The predicted molar refractivity (Wildman–Crippen MR) is 81.6 cm³/mol. The van der Waals surface area contributed by atoms with Gasteiger partial charge in [0.2, 0.25) is 0 Å². The van der Waals surface area contributed by atoms with Crippen molar-refractivity contribution < 1.29 is 34.1 Å². The molecule has 2 aromatic rings. The van der Waals surface area contributed by atoms with Gasteiger partial charge >= 0.3 is 23.9 Å². The molecule has 128 valence electrons. The van der Waals surface area contributed by atoms with Crippen LogP contribution >= 0.6 is 0 Å². The Bertz CT molecular complexity index is 832. The number of hydrogen-bond acceptors (Lipinski definition) is 7. The minimum absolute atomic E-state index is 0.437. The van der Waals surface area contributed by atoms with Crippen LogP contribution in [0.1, 0.15) is 52.8 Å². The van der Waals surface area contributed by atoms with Gasteiger partial charge in [-0.15, -0.1) is 0 Å². The molecular formula is C16H12N2O7. The monoisotopic (exact) mass is 344 g/mol. The summed E-state index contributed by atoms with van der Waals surface area (Å²) in [6.45, 7) is 3.16. The van der Waals surface area contributed by atoms with Crippen molar-refractivity contribution in [1.82, 2.24) is 9.97 Å². The first-order chi connectivity index (χ1) is 11.7. The summed E-state index contributed by atoms with van der Waals surface area (Å²) in [6, 6.07) is 2.40. The Kier molecular flexibility index (Phi) is 4.87. The van der Waals surface area contributed by atoms with Gasteiger partial charge in [-0.05, 0) is 37.1 Å². The van der Waals surface area contributed by atoms with Gasteiger partial charge in [0.15, 0.2) is 11.4 Å². The number of nitrogens with zero attached hydrogens (tertiary/aromatic N) is 2. The van der Waals surface area contributed by atoms with Crippen LogP contribution in [0.15, 0.2) is 24.5 Å². The fraction of sp³-hybridized carbons (Fsp3) is 0.125. The van der Waals surface area contributed by atoms with Gasteiger partial charge in [-0.3, -0.25) is 0 Å². The highest BCUT2D eigenvalue weighted by Crippen LogP contribution is 2.14. The Balaban J connectivity index is 2.35. The Morgan fingerprint density at radius 1 is 0.800 bits per heavy atom. The third kappa shape index (κ3) is 3.83. The van der Waals surface area contributed by atoms with Crippen molar-refractivity contribution in [3.05, 3.63) is 58.2 Å². The standard InChI is InChI=1S/C16H12N2O7/c1-7-3-9(13(19)20)11(17-5-7)15(23)25-16(24)12-10(14(21)22)4-8(2)6-18-12/h3-6H,1-2H3,(H,19,20)(H,21,22). The molecule has 0 saturated heterocycles. The molecule has 0 saturated carbocycles. The molecular weight excluding hydrogens is 332 g/mol. The maximum Gasteiger partial charge on any atom is 0.365 e. The number of rotatable bonds is 4.